The number of rotatable bonds is 5. The maximum Gasteiger partial charge on any atom is 0.122 e. The standard InChI is InChI=1S/C16H26N2O2/c1-12-6-7-14(19-3)13(10-12)11-15(18-17)16(2)8-4-5-9-20-16/h6-7,10,15,18H,4-5,8-9,11,17H2,1-3H3. The van der Waals surface area contributed by atoms with Gasteiger partial charge in [-0.1, -0.05) is 17.7 Å². The zero-order chi connectivity index (χ0) is 14.6. The van der Waals surface area contributed by atoms with E-state index in [9.17, 15) is 0 Å². The zero-order valence-corrected chi connectivity index (χ0v) is 12.7. The number of hydrogen-bond donors (Lipinski definition) is 2. The third-order valence-electron chi connectivity index (χ3n) is 4.30. The molecule has 2 atom stereocenters. The molecule has 3 N–H and O–H groups in total. The molecule has 0 saturated carbocycles. The molecule has 0 aliphatic carbocycles. The molecule has 0 aromatic heterocycles. The Kier molecular flexibility index (Phi) is 5.02. The van der Waals surface area contributed by atoms with Crippen molar-refractivity contribution in [1.82, 2.24) is 5.43 Å². The number of methoxy groups -OCH3 is 1. The summed E-state index contributed by atoms with van der Waals surface area (Å²) in [5.74, 6) is 6.71. The summed E-state index contributed by atoms with van der Waals surface area (Å²) in [7, 11) is 1.71. The fourth-order valence-corrected chi connectivity index (χ4v) is 2.97. The Labute approximate surface area is 121 Å². The summed E-state index contributed by atoms with van der Waals surface area (Å²) >= 11 is 0. The molecule has 0 amide bonds. The summed E-state index contributed by atoms with van der Waals surface area (Å²) < 4.78 is 11.5. The van der Waals surface area contributed by atoms with Gasteiger partial charge < -0.3 is 9.47 Å². The lowest BCUT2D eigenvalue weighted by Crippen LogP contribution is -2.55. The minimum absolute atomic E-state index is 0.0819. The molecule has 2 rings (SSSR count). The molecule has 0 radical (unpaired) electrons. The van der Waals surface area contributed by atoms with Crippen molar-refractivity contribution in [1.29, 1.82) is 0 Å². The Morgan fingerprint density at radius 2 is 2.25 bits per heavy atom. The van der Waals surface area contributed by atoms with Crippen LogP contribution in [0.25, 0.3) is 0 Å². The minimum Gasteiger partial charge on any atom is -0.496 e. The molecule has 112 valence electrons. The number of aryl methyl sites for hydroxylation is 1. The summed E-state index contributed by atoms with van der Waals surface area (Å²) in [5, 5.41) is 0. The van der Waals surface area contributed by atoms with Crippen molar-refractivity contribution >= 4 is 0 Å². The highest BCUT2D eigenvalue weighted by Crippen LogP contribution is 2.31. The van der Waals surface area contributed by atoms with Gasteiger partial charge in [-0.25, -0.2) is 0 Å². The Morgan fingerprint density at radius 1 is 1.45 bits per heavy atom. The summed E-state index contributed by atoms with van der Waals surface area (Å²) in [6.07, 6.45) is 4.17. The van der Waals surface area contributed by atoms with Crippen LogP contribution in [0.3, 0.4) is 0 Å². The first-order chi connectivity index (χ1) is 9.59. The molecule has 1 aliphatic rings. The summed E-state index contributed by atoms with van der Waals surface area (Å²) in [4.78, 5) is 0. The molecule has 1 heterocycles. The molecule has 20 heavy (non-hydrogen) atoms. The lowest BCUT2D eigenvalue weighted by atomic mass is 9.84. The molecular formula is C16H26N2O2. The van der Waals surface area contributed by atoms with Crippen LogP contribution >= 0.6 is 0 Å². The van der Waals surface area contributed by atoms with E-state index in [1.54, 1.807) is 7.11 Å². The van der Waals surface area contributed by atoms with Crippen LogP contribution in [0, 0.1) is 6.92 Å². The molecule has 1 fully saturated rings. The van der Waals surface area contributed by atoms with Gasteiger partial charge >= 0.3 is 0 Å². The first kappa shape index (κ1) is 15.3. The van der Waals surface area contributed by atoms with Crippen LogP contribution < -0.4 is 16.0 Å². The van der Waals surface area contributed by atoms with Crippen LogP contribution in [0.5, 0.6) is 5.75 Å². The van der Waals surface area contributed by atoms with E-state index >= 15 is 0 Å². The van der Waals surface area contributed by atoms with E-state index in [-0.39, 0.29) is 11.6 Å². The molecule has 1 saturated heterocycles. The SMILES string of the molecule is COc1ccc(C)cc1CC(NN)C1(C)CCCCO1. The molecule has 1 aromatic carbocycles. The average Bonchev–Trinajstić information content (AvgIpc) is 2.45. The van der Waals surface area contributed by atoms with Gasteiger partial charge in [0.1, 0.15) is 5.75 Å². The molecule has 4 nitrogen and oxygen atoms in total. The van der Waals surface area contributed by atoms with E-state index in [0.29, 0.717) is 0 Å². The maximum absolute atomic E-state index is 6.01. The molecule has 0 bridgehead atoms. The number of benzene rings is 1. The predicted octanol–water partition coefficient (Wildman–Crippen LogP) is 2.34. The number of hydrogen-bond acceptors (Lipinski definition) is 4. The predicted molar refractivity (Wildman–Crippen MR) is 80.8 cm³/mol. The van der Waals surface area contributed by atoms with E-state index in [1.165, 1.54) is 17.5 Å². The van der Waals surface area contributed by atoms with Crippen molar-refractivity contribution in [2.24, 2.45) is 5.84 Å². The average molecular weight is 278 g/mol. The zero-order valence-electron chi connectivity index (χ0n) is 12.7. The molecular weight excluding hydrogens is 252 g/mol. The van der Waals surface area contributed by atoms with Gasteiger partial charge in [0.25, 0.3) is 0 Å². The smallest absolute Gasteiger partial charge is 0.122 e. The Balaban J connectivity index is 2.19. The highest BCUT2D eigenvalue weighted by Gasteiger charge is 2.36. The van der Waals surface area contributed by atoms with E-state index in [1.807, 2.05) is 6.07 Å². The van der Waals surface area contributed by atoms with Crippen molar-refractivity contribution < 1.29 is 9.47 Å². The van der Waals surface area contributed by atoms with Crippen molar-refractivity contribution in [2.75, 3.05) is 13.7 Å². The largest absolute Gasteiger partial charge is 0.496 e. The topological polar surface area (TPSA) is 56.5 Å². The lowest BCUT2D eigenvalue weighted by molar-refractivity contribution is -0.0885. The van der Waals surface area contributed by atoms with Crippen molar-refractivity contribution in [3.8, 4) is 5.75 Å². The van der Waals surface area contributed by atoms with Crippen molar-refractivity contribution in [3.05, 3.63) is 29.3 Å². The van der Waals surface area contributed by atoms with Crippen LogP contribution in [0.15, 0.2) is 18.2 Å². The number of nitrogens with one attached hydrogen (secondary N) is 1. The van der Waals surface area contributed by atoms with Gasteiger partial charge in [0, 0.05) is 6.61 Å². The fourth-order valence-electron chi connectivity index (χ4n) is 2.97. The maximum atomic E-state index is 6.01. The first-order valence-corrected chi connectivity index (χ1v) is 7.32. The third-order valence-corrected chi connectivity index (χ3v) is 4.30. The highest BCUT2D eigenvalue weighted by atomic mass is 16.5. The number of nitrogens with two attached hydrogens (primary N) is 1. The summed E-state index contributed by atoms with van der Waals surface area (Å²) in [5.41, 5.74) is 5.14. The van der Waals surface area contributed by atoms with E-state index in [4.69, 9.17) is 15.3 Å². The Morgan fingerprint density at radius 3 is 2.85 bits per heavy atom. The van der Waals surface area contributed by atoms with Gasteiger partial charge in [-0.05, 0) is 51.2 Å². The Hall–Kier alpha value is -1.10. The molecule has 2 unspecified atom stereocenters. The fraction of sp³-hybridized carbons (Fsp3) is 0.625. The molecule has 0 spiro atoms. The quantitative estimate of drug-likeness (QED) is 0.641. The van der Waals surface area contributed by atoms with Crippen LogP contribution in [0.2, 0.25) is 0 Å². The van der Waals surface area contributed by atoms with Gasteiger partial charge in [-0.15, -0.1) is 0 Å². The van der Waals surface area contributed by atoms with Crippen molar-refractivity contribution in [3.63, 3.8) is 0 Å². The second kappa shape index (κ2) is 6.57. The number of ether oxygens (including phenoxy) is 2. The Bertz CT molecular complexity index is 442. The lowest BCUT2D eigenvalue weighted by Gasteiger charge is -2.40. The molecule has 1 aliphatic heterocycles. The molecule has 1 aromatic rings. The van der Waals surface area contributed by atoms with Gasteiger partial charge in [-0.2, -0.15) is 0 Å². The van der Waals surface area contributed by atoms with Crippen LogP contribution in [-0.2, 0) is 11.2 Å². The van der Waals surface area contributed by atoms with E-state index < -0.39 is 0 Å². The number of hydrazine groups is 1. The van der Waals surface area contributed by atoms with E-state index in [0.717, 1.165) is 31.6 Å². The molecule has 4 heteroatoms. The van der Waals surface area contributed by atoms with Gasteiger partial charge in [0.15, 0.2) is 0 Å². The third kappa shape index (κ3) is 3.32. The van der Waals surface area contributed by atoms with Crippen LogP contribution in [0.1, 0.15) is 37.3 Å². The van der Waals surface area contributed by atoms with Gasteiger partial charge in [0.05, 0.1) is 18.8 Å². The van der Waals surface area contributed by atoms with Crippen molar-refractivity contribution in [2.45, 2.75) is 51.2 Å². The second-order valence-electron chi connectivity index (χ2n) is 5.86. The van der Waals surface area contributed by atoms with Crippen LogP contribution in [0.4, 0.5) is 0 Å². The van der Waals surface area contributed by atoms with Gasteiger partial charge in [-0.3, -0.25) is 11.3 Å². The first-order valence-electron chi connectivity index (χ1n) is 7.32. The highest BCUT2D eigenvalue weighted by molar-refractivity contribution is 5.37. The van der Waals surface area contributed by atoms with Crippen LogP contribution in [-0.4, -0.2) is 25.4 Å². The normalized spacial score (nSPS) is 24.4. The monoisotopic (exact) mass is 278 g/mol. The second-order valence-corrected chi connectivity index (χ2v) is 5.86. The van der Waals surface area contributed by atoms with E-state index in [2.05, 4.69) is 31.4 Å². The summed E-state index contributed by atoms with van der Waals surface area (Å²) in [6.45, 7) is 5.06. The summed E-state index contributed by atoms with van der Waals surface area (Å²) in [6, 6.07) is 6.32. The minimum atomic E-state index is -0.207. The van der Waals surface area contributed by atoms with Gasteiger partial charge in [0.2, 0.25) is 0 Å².